The molecule has 1 N–H and O–H groups in total. The standard InChI is InChI=1S/C19H24N4O/c24-19(23-8-3-4-9-23)14-22-10-7-16(13-22)21-18-12-20-11-15-5-1-2-6-17(15)18/h1-2,5-6,11-12,16,21H,3-4,7-10,13-14H2/t16-/m1/s1. The number of aromatic nitrogens is 1. The Labute approximate surface area is 142 Å². The molecule has 1 atom stereocenters. The van der Waals surface area contributed by atoms with Gasteiger partial charge >= 0.3 is 0 Å². The molecule has 0 radical (unpaired) electrons. The summed E-state index contributed by atoms with van der Waals surface area (Å²) in [6, 6.07) is 8.69. The van der Waals surface area contributed by atoms with E-state index in [4.69, 9.17) is 0 Å². The van der Waals surface area contributed by atoms with Crippen molar-refractivity contribution < 1.29 is 4.79 Å². The topological polar surface area (TPSA) is 48.5 Å². The smallest absolute Gasteiger partial charge is 0.236 e. The van der Waals surface area contributed by atoms with E-state index in [1.54, 1.807) is 0 Å². The first-order valence-electron chi connectivity index (χ1n) is 8.89. The molecule has 4 rings (SSSR count). The molecule has 2 aliphatic heterocycles. The van der Waals surface area contributed by atoms with Gasteiger partial charge in [0.25, 0.3) is 0 Å². The van der Waals surface area contributed by atoms with Gasteiger partial charge in [-0.05, 0) is 19.3 Å². The maximum absolute atomic E-state index is 12.3. The second-order valence-electron chi connectivity index (χ2n) is 6.86. The van der Waals surface area contributed by atoms with E-state index >= 15 is 0 Å². The summed E-state index contributed by atoms with van der Waals surface area (Å²) in [5.41, 5.74) is 1.09. The van der Waals surface area contributed by atoms with Gasteiger partial charge in [-0.2, -0.15) is 0 Å². The number of rotatable bonds is 4. The molecule has 1 aromatic carbocycles. The maximum Gasteiger partial charge on any atom is 0.236 e. The first-order chi connectivity index (χ1) is 11.8. The number of likely N-dealkylation sites (tertiary alicyclic amines) is 2. The number of carbonyl (C=O) groups excluding carboxylic acids is 1. The van der Waals surface area contributed by atoms with E-state index in [-0.39, 0.29) is 0 Å². The van der Waals surface area contributed by atoms with Crippen LogP contribution in [0.15, 0.2) is 36.7 Å². The molecule has 0 saturated carbocycles. The normalized spacial score (nSPS) is 21.5. The van der Waals surface area contributed by atoms with Crippen molar-refractivity contribution in [1.29, 1.82) is 0 Å². The van der Waals surface area contributed by atoms with Gasteiger partial charge in [-0.1, -0.05) is 24.3 Å². The van der Waals surface area contributed by atoms with Crippen molar-refractivity contribution in [2.45, 2.75) is 25.3 Å². The van der Waals surface area contributed by atoms with E-state index in [1.807, 2.05) is 23.4 Å². The van der Waals surface area contributed by atoms with Crippen molar-refractivity contribution in [3.63, 3.8) is 0 Å². The van der Waals surface area contributed by atoms with Crippen LogP contribution < -0.4 is 5.32 Å². The van der Waals surface area contributed by atoms with E-state index in [9.17, 15) is 4.79 Å². The number of hydrogen-bond donors (Lipinski definition) is 1. The Morgan fingerprint density at radius 1 is 1.17 bits per heavy atom. The van der Waals surface area contributed by atoms with Gasteiger partial charge in [0.2, 0.25) is 5.91 Å². The van der Waals surface area contributed by atoms with Crippen LogP contribution in [-0.2, 0) is 4.79 Å². The van der Waals surface area contributed by atoms with E-state index in [1.165, 1.54) is 5.39 Å². The third-order valence-corrected chi connectivity index (χ3v) is 5.12. The zero-order valence-corrected chi connectivity index (χ0v) is 13.9. The molecule has 2 fully saturated rings. The Morgan fingerprint density at radius 3 is 2.88 bits per heavy atom. The molecule has 2 aliphatic rings. The molecule has 2 aromatic rings. The SMILES string of the molecule is O=C(CN1CC[C@@H](Nc2cncc3ccccc23)C1)N1CCCC1. The molecule has 5 nitrogen and oxygen atoms in total. The van der Waals surface area contributed by atoms with Crippen molar-refractivity contribution in [3.8, 4) is 0 Å². The molecule has 3 heterocycles. The number of nitrogens with one attached hydrogen (secondary N) is 1. The average molecular weight is 324 g/mol. The third-order valence-electron chi connectivity index (χ3n) is 5.12. The molecule has 5 heteroatoms. The van der Waals surface area contributed by atoms with E-state index in [0.717, 1.165) is 56.5 Å². The van der Waals surface area contributed by atoms with Crippen LogP contribution in [0.1, 0.15) is 19.3 Å². The quantitative estimate of drug-likeness (QED) is 0.938. The minimum absolute atomic E-state index is 0.292. The van der Waals surface area contributed by atoms with Crippen LogP contribution in [0.25, 0.3) is 10.8 Å². The number of carbonyl (C=O) groups is 1. The Kier molecular flexibility index (Phi) is 4.34. The predicted molar refractivity (Wildman–Crippen MR) is 96.0 cm³/mol. The highest BCUT2D eigenvalue weighted by Gasteiger charge is 2.27. The predicted octanol–water partition coefficient (Wildman–Crippen LogP) is 2.34. The molecule has 1 amide bonds. The van der Waals surface area contributed by atoms with Crippen LogP contribution in [0.2, 0.25) is 0 Å². The van der Waals surface area contributed by atoms with Gasteiger partial charge in [0.05, 0.1) is 18.4 Å². The Balaban J connectivity index is 1.37. The molecule has 0 unspecified atom stereocenters. The number of fused-ring (bicyclic) bond motifs is 1. The molecular weight excluding hydrogens is 300 g/mol. The first kappa shape index (κ1) is 15.4. The summed E-state index contributed by atoms with van der Waals surface area (Å²) >= 11 is 0. The highest BCUT2D eigenvalue weighted by atomic mass is 16.2. The van der Waals surface area contributed by atoms with Crippen LogP contribution in [-0.4, -0.2) is 59.5 Å². The van der Waals surface area contributed by atoms with Crippen LogP contribution >= 0.6 is 0 Å². The van der Waals surface area contributed by atoms with Gasteiger partial charge in [-0.15, -0.1) is 0 Å². The molecule has 24 heavy (non-hydrogen) atoms. The lowest BCUT2D eigenvalue weighted by atomic mass is 10.1. The fourth-order valence-electron chi connectivity index (χ4n) is 3.80. The molecule has 0 bridgehead atoms. The van der Waals surface area contributed by atoms with Gasteiger partial charge in [-0.25, -0.2) is 0 Å². The van der Waals surface area contributed by atoms with Gasteiger partial charge in [0.1, 0.15) is 0 Å². The van der Waals surface area contributed by atoms with Gasteiger partial charge in [0.15, 0.2) is 0 Å². The zero-order chi connectivity index (χ0) is 16.4. The second-order valence-corrected chi connectivity index (χ2v) is 6.86. The summed E-state index contributed by atoms with van der Waals surface area (Å²) in [6.07, 6.45) is 7.18. The van der Waals surface area contributed by atoms with Crippen molar-refractivity contribution in [3.05, 3.63) is 36.7 Å². The third kappa shape index (κ3) is 3.22. The first-order valence-corrected chi connectivity index (χ1v) is 8.89. The Bertz CT molecular complexity index is 721. The lowest BCUT2D eigenvalue weighted by Crippen LogP contribution is -2.38. The largest absolute Gasteiger partial charge is 0.379 e. The molecule has 0 aliphatic carbocycles. The molecule has 126 valence electrons. The van der Waals surface area contributed by atoms with E-state index < -0.39 is 0 Å². The van der Waals surface area contributed by atoms with Gasteiger partial charge in [0, 0.05) is 49.2 Å². The summed E-state index contributed by atoms with van der Waals surface area (Å²) in [6.45, 7) is 4.34. The molecular formula is C19H24N4O. The summed E-state index contributed by atoms with van der Waals surface area (Å²) in [5, 5.41) is 5.99. The number of hydrogen-bond acceptors (Lipinski definition) is 4. The maximum atomic E-state index is 12.3. The van der Waals surface area contributed by atoms with Crippen molar-refractivity contribution >= 4 is 22.4 Å². The Morgan fingerprint density at radius 2 is 2.00 bits per heavy atom. The number of benzene rings is 1. The number of anilines is 1. The summed E-state index contributed by atoms with van der Waals surface area (Å²) in [5.74, 6) is 0.292. The highest BCUT2D eigenvalue weighted by Crippen LogP contribution is 2.24. The van der Waals surface area contributed by atoms with Crippen molar-refractivity contribution in [2.24, 2.45) is 0 Å². The summed E-state index contributed by atoms with van der Waals surface area (Å²) < 4.78 is 0. The molecule has 0 spiro atoms. The molecule has 1 aromatic heterocycles. The number of amides is 1. The summed E-state index contributed by atoms with van der Waals surface area (Å²) in [4.78, 5) is 20.9. The highest BCUT2D eigenvalue weighted by molar-refractivity contribution is 5.92. The van der Waals surface area contributed by atoms with Crippen LogP contribution in [0.3, 0.4) is 0 Å². The lowest BCUT2D eigenvalue weighted by Gasteiger charge is -2.21. The second kappa shape index (κ2) is 6.77. The minimum atomic E-state index is 0.292. The fraction of sp³-hybridized carbons (Fsp3) is 0.474. The van der Waals surface area contributed by atoms with Crippen molar-refractivity contribution in [1.82, 2.24) is 14.8 Å². The monoisotopic (exact) mass is 324 g/mol. The van der Waals surface area contributed by atoms with Crippen LogP contribution in [0.5, 0.6) is 0 Å². The van der Waals surface area contributed by atoms with Crippen molar-refractivity contribution in [2.75, 3.05) is 38.0 Å². The van der Waals surface area contributed by atoms with Crippen LogP contribution in [0.4, 0.5) is 5.69 Å². The average Bonchev–Trinajstić information content (AvgIpc) is 3.27. The minimum Gasteiger partial charge on any atom is -0.379 e. The van der Waals surface area contributed by atoms with Crippen LogP contribution in [0, 0.1) is 0 Å². The Hall–Kier alpha value is -2.14. The fourth-order valence-corrected chi connectivity index (χ4v) is 3.80. The summed E-state index contributed by atoms with van der Waals surface area (Å²) in [7, 11) is 0. The van der Waals surface area contributed by atoms with Gasteiger partial charge in [-0.3, -0.25) is 14.7 Å². The van der Waals surface area contributed by atoms with Gasteiger partial charge < -0.3 is 10.2 Å². The lowest BCUT2D eigenvalue weighted by molar-refractivity contribution is -0.131. The zero-order valence-electron chi connectivity index (χ0n) is 13.9. The number of nitrogens with zero attached hydrogens (tertiary/aromatic N) is 3. The molecule has 2 saturated heterocycles. The van der Waals surface area contributed by atoms with E-state index in [0.29, 0.717) is 18.5 Å². The number of pyridine rings is 1. The van der Waals surface area contributed by atoms with E-state index in [2.05, 4.69) is 33.4 Å².